The normalized spacial score (nSPS) is 33.0. The third-order valence-corrected chi connectivity index (χ3v) is 2.18. The topological polar surface area (TPSA) is 12.5 Å². The number of likely N-dealkylation sites (N-methyl/N-ethyl adjacent to an activating group) is 1. The molecule has 0 aromatic heterocycles. The monoisotopic (exact) mass is 165 g/mol. The van der Waals surface area contributed by atoms with Gasteiger partial charge in [0.25, 0.3) is 5.92 Å². The molecule has 4 heteroatoms. The van der Waals surface area contributed by atoms with Crippen LogP contribution < -0.4 is 0 Å². The molecule has 0 aromatic carbocycles. The van der Waals surface area contributed by atoms with Crippen LogP contribution in [0, 0.1) is 0 Å². The average Bonchev–Trinajstić information content (AvgIpc) is 1.85. The van der Waals surface area contributed by atoms with Crippen molar-refractivity contribution in [3.8, 4) is 0 Å². The number of halogens is 2. The summed E-state index contributed by atoms with van der Waals surface area (Å²) in [6.45, 7) is 1.51. The highest BCUT2D eigenvalue weighted by Crippen LogP contribution is 2.35. The molecule has 1 aliphatic heterocycles. The van der Waals surface area contributed by atoms with Gasteiger partial charge in [-0.05, 0) is 14.0 Å². The molecular weight excluding hydrogens is 152 g/mol. The second-order valence-electron chi connectivity index (χ2n) is 3.06. The summed E-state index contributed by atoms with van der Waals surface area (Å²) in [4.78, 5) is 1.61. The number of nitrogens with zero attached hydrogens (tertiary/aromatic N) is 1. The van der Waals surface area contributed by atoms with Crippen molar-refractivity contribution in [2.45, 2.75) is 25.0 Å². The van der Waals surface area contributed by atoms with Crippen LogP contribution in [0.2, 0.25) is 0 Å². The Morgan fingerprint density at radius 2 is 2.18 bits per heavy atom. The molecule has 0 N–H and O–H groups in total. The van der Waals surface area contributed by atoms with E-state index < -0.39 is 18.1 Å². The average molecular weight is 165 g/mol. The van der Waals surface area contributed by atoms with Gasteiger partial charge in [-0.1, -0.05) is 0 Å². The van der Waals surface area contributed by atoms with E-state index in [4.69, 9.17) is 4.74 Å². The van der Waals surface area contributed by atoms with E-state index in [0.717, 1.165) is 0 Å². The second-order valence-corrected chi connectivity index (χ2v) is 3.06. The zero-order chi connectivity index (χ0) is 8.65. The van der Waals surface area contributed by atoms with Gasteiger partial charge in [0.15, 0.2) is 0 Å². The molecule has 0 bridgehead atoms. The predicted molar refractivity (Wildman–Crippen MR) is 37.8 cm³/mol. The highest BCUT2D eigenvalue weighted by Gasteiger charge is 2.55. The number of hydrogen-bond donors (Lipinski definition) is 0. The second kappa shape index (κ2) is 2.68. The minimum absolute atomic E-state index is 0.147. The van der Waals surface area contributed by atoms with Gasteiger partial charge < -0.3 is 4.74 Å². The third kappa shape index (κ3) is 1.37. The molecule has 1 fully saturated rings. The summed E-state index contributed by atoms with van der Waals surface area (Å²) in [5.41, 5.74) is 0. The summed E-state index contributed by atoms with van der Waals surface area (Å²) in [6, 6.07) is -0.743. The van der Waals surface area contributed by atoms with Gasteiger partial charge in [-0.25, -0.2) is 8.78 Å². The summed E-state index contributed by atoms with van der Waals surface area (Å²) in [7, 11) is 3.13. The quantitative estimate of drug-likeness (QED) is 0.604. The van der Waals surface area contributed by atoms with Crippen molar-refractivity contribution >= 4 is 0 Å². The van der Waals surface area contributed by atoms with Gasteiger partial charge in [0, 0.05) is 7.11 Å². The number of rotatable bonds is 2. The number of likely N-dealkylation sites (tertiary alicyclic amines) is 1. The lowest BCUT2D eigenvalue weighted by atomic mass is 9.94. The molecule has 1 saturated heterocycles. The molecule has 2 nitrogen and oxygen atoms in total. The van der Waals surface area contributed by atoms with E-state index in [0.29, 0.717) is 0 Å². The summed E-state index contributed by atoms with van der Waals surface area (Å²) in [5, 5.41) is 0. The van der Waals surface area contributed by atoms with E-state index in [9.17, 15) is 8.78 Å². The van der Waals surface area contributed by atoms with Crippen molar-refractivity contribution in [1.29, 1.82) is 0 Å². The molecular formula is C7H13F2NO. The van der Waals surface area contributed by atoms with E-state index in [1.54, 1.807) is 18.9 Å². The van der Waals surface area contributed by atoms with Gasteiger partial charge in [0.2, 0.25) is 0 Å². The predicted octanol–water partition coefficient (Wildman–Crippen LogP) is 0.971. The largest absolute Gasteiger partial charge is 0.380 e. The minimum atomic E-state index is -2.57. The zero-order valence-electron chi connectivity index (χ0n) is 6.97. The van der Waals surface area contributed by atoms with Crippen LogP contribution in [0.15, 0.2) is 0 Å². The Balaban J connectivity index is 2.55. The number of hydrogen-bond acceptors (Lipinski definition) is 2. The first-order valence-corrected chi connectivity index (χ1v) is 3.60. The van der Waals surface area contributed by atoms with Crippen LogP contribution >= 0.6 is 0 Å². The maximum absolute atomic E-state index is 12.8. The van der Waals surface area contributed by atoms with Gasteiger partial charge in [-0.2, -0.15) is 0 Å². The summed E-state index contributed by atoms with van der Waals surface area (Å²) >= 11 is 0. The number of methoxy groups -OCH3 is 1. The fourth-order valence-electron chi connectivity index (χ4n) is 1.57. The fourth-order valence-corrected chi connectivity index (χ4v) is 1.57. The van der Waals surface area contributed by atoms with Gasteiger partial charge in [0.1, 0.15) is 6.04 Å². The van der Waals surface area contributed by atoms with Crippen LogP contribution in [0.25, 0.3) is 0 Å². The number of alkyl halides is 2. The maximum atomic E-state index is 12.8. The Hall–Kier alpha value is -0.220. The summed E-state index contributed by atoms with van der Waals surface area (Å²) in [6.07, 6.45) is -0.399. The molecule has 11 heavy (non-hydrogen) atoms. The van der Waals surface area contributed by atoms with Crippen LogP contribution in [0.1, 0.15) is 6.92 Å². The fraction of sp³-hybridized carbons (Fsp3) is 1.00. The van der Waals surface area contributed by atoms with Crippen molar-refractivity contribution in [3.63, 3.8) is 0 Å². The first-order chi connectivity index (χ1) is 4.99. The lowest BCUT2D eigenvalue weighted by Gasteiger charge is -2.47. The van der Waals surface area contributed by atoms with E-state index in [-0.39, 0.29) is 6.54 Å². The van der Waals surface area contributed by atoms with Crippen molar-refractivity contribution < 1.29 is 13.5 Å². The highest BCUT2D eigenvalue weighted by atomic mass is 19.3. The number of ether oxygens (including phenoxy) is 1. The molecule has 1 heterocycles. The first-order valence-electron chi connectivity index (χ1n) is 3.60. The van der Waals surface area contributed by atoms with Crippen LogP contribution in [0.3, 0.4) is 0 Å². The van der Waals surface area contributed by atoms with Gasteiger partial charge in [-0.15, -0.1) is 0 Å². The molecule has 0 aliphatic carbocycles. The van der Waals surface area contributed by atoms with Crippen molar-refractivity contribution in [2.24, 2.45) is 0 Å². The van der Waals surface area contributed by atoms with E-state index in [1.807, 2.05) is 0 Å². The molecule has 1 aliphatic rings. The van der Waals surface area contributed by atoms with Gasteiger partial charge in [0.05, 0.1) is 12.6 Å². The smallest absolute Gasteiger partial charge is 0.278 e. The molecule has 0 unspecified atom stereocenters. The van der Waals surface area contributed by atoms with Gasteiger partial charge >= 0.3 is 0 Å². The molecule has 0 amide bonds. The van der Waals surface area contributed by atoms with Crippen LogP contribution in [0.4, 0.5) is 8.78 Å². The maximum Gasteiger partial charge on any atom is 0.278 e. The zero-order valence-corrected chi connectivity index (χ0v) is 6.97. The lowest BCUT2D eigenvalue weighted by molar-refractivity contribution is -0.207. The Kier molecular flexibility index (Phi) is 2.16. The SMILES string of the molecule is CO[C@@H](C)[C@H]1N(C)CC1(F)F. The van der Waals surface area contributed by atoms with Crippen LogP contribution in [0.5, 0.6) is 0 Å². The van der Waals surface area contributed by atoms with Gasteiger partial charge in [-0.3, -0.25) is 4.90 Å². The van der Waals surface area contributed by atoms with E-state index in [2.05, 4.69) is 0 Å². The molecule has 1 rings (SSSR count). The molecule has 2 atom stereocenters. The summed E-state index contributed by atoms with van der Waals surface area (Å²) < 4.78 is 30.4. The molecule has 0 radical (unpaired) electrons. The Morgan fingerprint density at radius 1 is 1.64 bits per heavy atom. The Morgan fingerprint density at radius 3 is 2.36 bits per heavy atom. The molecule has 0 aromatic rings. The van der Waals surface area contributed by atoms with Crippen molar-refractivity contribution in [2.75, 3.05) is 20.7 Å². The van der Waals surface area contributed by atoms with E-state index in [1.165, 1.54) is 7.11 Å². The third-order valence-electron chi connectivity index (χ3n) is 2.18. The highest BCUT2D eigenvalue weighted by molar-refractivity contribution is 5.00. The lowest BCUT2D eigenvalue weighted by Crippen LogP contribution is -2.67. The molecule has 66 valence electrons. The van der Waals surface area contributed by atoms with Crippen LogP contribution in [-0.4, -0.2) is 43.7 Å². The van der Waals surface area contributed by atoms with Crippen molar-refractivity contribution in [1.82, 2.24) is 4.90 Å². The van der Waals surface area contributed by atoms with Crippen LogP contribution in [-0.2, 0) is 4.74 Å². The summed E-state index contributed by atoms with van der Waals surface area (Å²) in [5.74, 6) is -2.57. The standard InChI is InChI=1S/C7H13F2NO/c1-5(11-3)6-7(8,9)4-10(6)2/h5-6H,4H2,1-3H3/t5-,6+/m0/s1. The van der Waals surface area contributed by atoms with Crippen molar-refractivity contribution in [3.05, 3.63) is 0 Å². The molecule has 0 saturated carbocycles. The molecule has 0 spiro atoms. The Bertz CT molecular complexity index is 151. The van der Waals surface area contributed by atoms with E-state index >= 15 is 0 Å². The minimum Gasteiger partial charge on any atom is -0.380 e. The first kappa shape index (κ1) is 8.87. The Labute approximate surface area is 65.1 Å².